The summed E-state index contributed by atoms with van der Waals surface area (Å²) in [5.74, 6) is 0.598. The lowest BCUT2D eigenvalue weighted by Crippen LogP contribution is -2.45. The molecule has 0 spiro atoms. The molecule has 0 bridgehead atoms. The Labute approximate surface area is 208 Å². The van der Waals surface area contributed by atoms with Crippen LogP contribution in [-0.4, -0.2) is 46.2 Å². The maximum absolute atomic E-state index is 13.0. The van der Waals surface area contributed by atoms with Gasteiger partial charge in [-0.1, -0.05) is 24.6 Å². The Morgan fingerprint density at radius 3 is 2.66 bits per heavy atom. The third-order valence-electron chi connectivity index (χ3n) is 6.12. The Bertz CT molecular complexity index is 1170. The number of alkyl halides is 3. The molecule has 3 aromatic rings. The van der Waals surface area contributed by atoms with Gasteiger partial charge in [-0.2, -0.15) is 13.2 Å². The number of imidazole rings is 1. The predicted octanol–water partition coefficient (Wildman–Crippen LogP) is 6.88. The van der Waals surface area contributed by atoms with Crippen LogP contribution in [0, 0.1) is 0 Å². The summed E-state index contributed by atoms with van der Waals surface area (Å²) >= 11 is 6.54. The number of amides is 2. The van der Waals surface area contributed by atoms with Crippen molar-refractivity contribution in [2.24, 2.45) is 0 Å². The van der Waals surface area contributed by atoms with Gasteiger partial charge in [0.25, 0.3) is 0 Å². The molecule has 190 valence electrons. The average molecular weight is 511 g/mol. The molecule has 2 amide bonds. The second kappa shape index (κ2) is 11.2. The molecule has 0 saturated carbocycles. The van der Waals surface area contributed by atoms with Crippen LogP contribution in [0.3, 0.4) is 0 Å². The van der Waals surface area contributed by atoms with Crippen LogP contribution < -0.4 is 10.1 Å². The standard InChI is InChI=1S/C25H30ClF3N4O2/c1-5-19(9-10-25(27,28)29)31-24(34)33(6-2)16(3)17-7-8-21(26)20(13-17)18-14-22(35-4)23-30-11-12-32(23)15-18/h7-8,11-16,19H,5-6,9-10H2,1-4H3,(H,31,34)/t16-,19-/m1/s1. The number of rotatable bonds is 9. The first-order valence-corrected chi connectivity index (χ1v) is 11.9. The van der Waals surface area contributed by atoms with Crippen LogP contribution in [-0.2, 0) is 0 Å². The van der Waals surface area contributed by atoms with Gasteiger partial charge in [-0.05, 0) is 50.5 Å². The molecular weight excluding hydrogens is 481 g/mol. The number of nitrogens with one attached hydrogen (secondary N) is 1. The second-order valence-electron chi connectivity index (χ2n) is 8.37. The predicted molar refractivity (Wildman–Crippen MR) is 131 cm³/mol. The van der Waals surface area contributed by atoms with E-state index in [9.17, 15) is 18.0 Å². The first-order chi connectivity index (χ1) is 16.6. The van der Waals surface area contributed by atoms with Gasteiger partial charge in [0, 0.05) is 53.7 Å². The number of aromatic nitrogens is 2. The molecule has 1 aromatic carbocycles. The maximum Gasteiger partial charge on any atom is 0.389 e. The average Bonchev–Trinajstić information content (AvgIpc) is 3.30. The summed E-state index contributed by atoms with van der Waals surface area (Å²) in [5, 5.41) is 3.30. The van der Waals surface area contributed by atoms with Crippen molar-refractivity contribution in [2.75, 3.05) is 13.7 Å². The molecule has 2 aromatic heterocycles. The highest BCUT2D eigenvalue weighted by atomic mass is 35.5. The van der Waals surface area contributed by atoms with E-state index in [1.54, 1.807) is 31.2 Å². The zero-order valence-electron chi connectivity index (χ0n) is 20.2. The van der Waals surface area contributed by atoms with E-state index in [-0.39, 0.29) is 12.5 Å². The van der Waals surface area contributed by atoms with E-state index in [4.69, 9.17) is 16.3 Å². The fourth-order valence-corrected chi connectivity index (χ4v) is 4.30. The molecule has 6 nitrogen and oxygen atoms in total. The number of carbonyl (C=O) groups is 1. The number of urea groups is 1. The van der Waals surface area contributed by atoms with Crippen LogP contribution in [0.25, 0.3) is 16.8 Å². The third-order valence-corrected chi connectivity index (χ3v) is 6.45. The molecule has 0 unspecified atom stereocenters. The van der Waals surface area contributed by atoms with Gasteiger partial charge in [-0.3, -0.25) is 0 Å². The molecule has 0 aliphatic rings. The van der Waals surface area contributed by atoms with Gasteiger partial charge >= 0.3 is 12.2 Å². The summed E-state index contributed by atoms with van der Waals surface area (Å²) in [6, 6.07) is 6.11. The molecular formula is C25H30ClF3N4O2. The molecule has 0 fully saturated rings. The van der Waals surface area contributed by atoms with E-state index < -0.39 is 24.7 Å². The van der Waals surface area contributed by atoms with E-state index in [1.807, 2.05) is 48.8 Å². The summed E-state index contributed by atoms with van der Waals surface area (Å²) in [4.78, 5) is 18.9. The van der Waals surface area contributed by atoms with Gasteiger partial charge in [0.15, 0.2) is 11.4 Å². The molecule has 2 heterocycles. The van der Waals surface area contributed by atoms with E-state index >= 15 is 0 Å². The van der Waals surface area contributed by atoms with Crippen molar-refractivity contribution >= 4 is 23.3 Å². The number of ether oxygens (including phenoxy) is 1. The van der Waals surface area contributed by atoms with E-state index in [2.05, 4.69) is 10.3 Å². The van der Waals surface area contributed by atoms with Crippen molar-refractivity contribution in [1.29, 1.82) is 0 Å². The van der Waals surface area contributed by atoms with Crippen molar-refractivity contribution in [3.63, 3.8) is 0 Å². The lowest BCUT2D eigenvalue weighted by Gasteiger charge is -2.31. The number of methoxy groups -OCH3 is 1. The first kappa shape index (κ1) is 26.7. The maximum atomic E-state index is 13.0. The Morgan fingerprint density at radius 2 is 2.03 bits per heavy atom. The van der Waals surface area contributed by atoms with Crippen molar-refractivity contribution < 1.29 is 22.7 Å². The molecule has 0 aliphatic heterocycles. The molecule has 2 atom stereocenters. The summed E-state index contributed by atoms with van der Waals surface area (Å²) in [6.45, 7) is 5.86. The van der Waals surface area contributed by atoms with E-state index in [0.29, 0.717) is 29.4 Å². The molecule has 3 rings (SSSR count). The fraction of sp³-hybridized carbons (Fsp3) is 0.440. The Hall–Kier alpha value is -2.94. The normalized spacial score (nSPS) is 13.5. The van der Waals surface area contributed by atoms with Crippen LogP contribution in [0.15, 0.2) is 42.9 Å². The van der Waals surface area contributed by atoms with Crippen LogP contribution in [0.2, 0.25) is 5.02 Å². The Morgan fingerprint density at radius 1 is 1.29 bits per heavy atom. The van der Waals surface area contributed by atoms with Gasteiger partial charge in [-0.25, -0.2) is 9.78 Å². The molecule has 0 saturated heterocycles. The lowest BCUT2D eigenvalue weighted by molar-refractivity contribution is -0.136. The van der Waals surface area contributed by atoms with E-state index in [0.717, 1.165) is 16.7 Å². The number of pyridine rings is 1. The summed E-state index contributed by atoms with van der Waals surface area (Å²) in [6.07, 6.45) is 0.471. The van der Waals surface area contributed by atoms with Gasteiger partial charge in [-0.15, -0.1) is 0 Å². The van der Waals surface area contributed by atoms with Gasteiger partial charge in [0.2, 0.25) is 0 Å². The van der Waals surface area contributed by atoms with Crippen LogP contribution in [0.4, 0.5) is 18.0 Å². The zero-order valence-corrected chi connectivity index (χ0v) is 21.0. The van der Waals surface area contributed by atoms with Gasteiger partial charge in [0.1, 0.15) is 0 Å². The minimum absolute atomic E-state index is 0.151. The third kappa shape index (κ3) is 6.39. The highest BCUT2D eigenvalue weighted by Crippen LogP contribution is 2.35. The SMILES string of the molecule is CC[C@H](CCC(F)(F)F)NC(=O)N(CC)[C@H](C)c1ccc(Cl)c(-c2cc(OC)c3nccn3c2)c1. The smallest absolute Gasteiger partial charge is 0.389 e. The molecule has 10 heteroatoms. The van der Waals surface area contributed by atoms with Crippen LogP contribution >= 0.6 is 11.6 Å². The number of hydrogen-bond acceptors (Lipinski definition) is 3. The molecule has 0 aliphatic carbocycles. The minimum Gasteiger partial charge on any atom is -0.493 e. The molecule has 35 heavy (non-hydrogen) atoms. The Balaban J connectivity index is 1.85. The summed E-state index contributed by atoms with van der Waals surface area (Å²) in [7, 11) is 1.57. The highest BCUT2D eigenvalue weighted by molar-refractivity contribution is 6.33. The Kier molecular flexibility index (Phi) is 8.53. The first-order valence-electron chi connectivity index (χ1n) is 11.5. The van der Waals surface area contributed by atoms with E-state index in [1.165, 1.54) is 0 Å². The summed E-state index contributed by atoms with van der Waals surface area (Å²) < 4.78 is 45.3. The van der Waals surface area contributed by atoms with Crippen molar-refractivity contribution in [2.45, 2.75) is 58.3 Å². The lowest BCUT2D eigenvalue weighted by atomic mass is 10.00. The number of carbonyl (C=O) groups excluding carboxylic acids is 1. The largest absolute Gasteiger partial charge is 0.493 e. The molecule has 0 radical (unpaired) electrons. The highest BCUT2D eigenvalue weighted by Gasteiger charge is 2.29. The quantitative estimate of drug-likeness (QED) is 0.341. The topological polar surface area (TPSA) is 58.9 Å². The second-order valence-corrected chi connectivity index (χ2v) is 8.77. The molecule has 1 N–H and O–H groups in total. The number of benzene rings is 1. The zero-order chi connectivity index (χ0) is 25.8. The van der Waals surface area contributed by atoms with Crippen molar-refractivity contribution in [3.8, 4) is 16.9 Å². The van der Waals surface area contributed by atoms with Crippen molar-refractivity contribution in [1.82, 2.24) is 19.6 Å². The van der Waals surface area contributed by atoms with Crippen LogP contribution in [0.5, 0.6) is 5.75 Å². The van der Waals surface area contributed by atoms with Crippen LogP contribution in [0.1, 0.15) is 51.6 Å². The van der Waals surface area contributed by atoms with Gasteiger partial charge < -0.3 is 19.4 Å². The number of hydrogen-bond donors (Lipinski definition) is 1. The van der Waals surface area contributed by atoms with Gasteiger partial charge in [0.05, 0.1) is 13.2 Å². The fourth-order valence-electron chi connectivity index (χ4n) is 4.07. The number of nitrogens with zero attached hydrogens (tertiary/aromatic N) is 3. The number of halogens is 4. The monoisotopic (exact) mass is 510 g/mol. The number of fused-ring (bicyclic) bond motifs is 1. The minimum atomic E-state index is -4.25. The van der Waals surface area contributed by atoms with Crippen molar-refractivity contribution in [3.05, 3.63) is 53.4 Å². The summed E-state index contributed by atoms with van der Waals surface area (Å²) in [5.41, 5.74) is 3.10.